The van der Waals surface area contributed by atoms with Gasteiger partial charge in [-0.25, -0.2) is 9.78 Å². The van der Waals surface area contributed by atoms with E-state index in [1.54, 1.807) is 34.9 Å². The van der Waals surface area contributed by atoms with Gasteiger partial charge < -0.3 is 9.51 Å². The second kappa shape index (κ2) is 4.81. The fourth-order valence-electron chi connectivity index (χ4n) is 1.94. The molecule has 0 aliphatic heterocycles. The van der Waals surface area contributed by atoms with Gasteiger partial charge in [-0.05, 0) is 30.3 Å². The fraction of sp³-hybridized carbons (Fsp3) is 0. The lowest BCUT2D eigenvalue weighted by Gasteiger charge is -2.00. The van der Waals surface area contributed by atoms with Crippen LogP contribution >= 0.6 is 23.2 Å². The molecule has 0 fully saturated rings. The summed E-state index contributed by atoms with van der Waals surface area (Å²) in [4.78, 5) is 15.4. The van der Waals surface area contributed by atoms with Gasteiger partial charge in [-0.1, -0.05) is 23.2 Å². The fourth-order valence-corrected chi connectivity index (χ4v) is 2.33. The molecule has 0 amide bonds. The van der Waals surface area contributed by atoms with E-state index in [-0.39, 0.29) is 5.56 Å². The van der Waals surface area contributed by atoms with Gasteiger partial charge in [-0.2, -0.15) is 0 Å². The first-order valence-electron chi connectivity index (χ1n) is 5.72. The minimum Gasteiger partial charge on any atom is -0.478 e. The van der Waals surface area contributed by atoms with E-state index >= 15 is 0 Å². The van der Waals surface area contributed by atoms with Crippen molar-refractivity contribution in [2.45, 2.75) is 0 Å². The Bertz CT molecular complexity index is 827. The quantitative estimate of drug-likeness (QED) is 0.778. The highest BCUT2D eigenvalue weighted by atomic mass is 35.5. The van der Waals surface area contributed by atoms with E-state index < -0.39 is 5.97 Å². The van der Waals surface area contributed by atoms with Crippen LogP contribution in [0.15, 0.2) is 42.7 Å². The number of nitrogens with zero attached hydrogens (tertiary/aromatic N) is 2. The van der Waals surface area contributed by atoms with E-state index in [0.29, 0.717) is 26.9 Å². The minimum atomic E-state index is -0.983. The molecule has 1 aromatic carbocycles. The van der Waals surface area contributed by atoms with Crippen LogP contribution in [-0.2, 0) is 0 Å². The predicted octanol–water partition coefficient (Wildman–Crippen LogP) is 4.01. The second-order valence-corrected chi connectivity index (χ2v) is 5.08. The number of aromatic carboxylic acids is 1. The van der Waals surface area contributed by atoms with Gasteiger partial charge in [0.05, 0.1) is 16.3 Å². The zero-order valence-electron chi connectivity index (χ0n) is 10.0. The standard InChI is InChI=1S/C14H8Cl2N2O2/c15-9-2-3-11(16)10(5-9)12-7-18-6-8(14(19)20)1-4-13(18)17-12/h1-7H,(H,19,20). The molecule has 0 aliphatic carbocycles. The second-order valence-electron chi connectivity index (χ2n) is 4.24. The van der Waals surface area contributed by atoms with Crippen LogP contribution in [0.1, 0.15) is 10.4 Å². The number of benzene rings is 1. The molecule has 0 saturated carbocycles. The van der Waals surface area contributed by atoms with Crippen molar-refractivity contribution in [3.63, 3.8) is 0 Å². The van der Waals surface area contributed by atoms with Crippen molar-refractivity contribution < 1.29 is 9.90 Å². The highest BCUT2D eigenvalue weighted by Gasteiger charge is 2.10. The molecule has 3 rings (SSSR count). The maximum Gasteiger partial charge on any atom is 0.337 e. The Hall–Kier alpha value is -2.04. The molecule has 0 spiro atoms. The van der Waals surface area contributed by atoms with Crippen molar-refractivity contribution in [2.75, 3.05) is 0 Å². The number of hydrogen-bond acceptors (Lipinski definition) is 2. The number of carboxylic acids is 1. The number of fused-ring (bicyclic) bond motifs is 1. The van der Waals surface area contributed by atoms with Crippen LogP contribution in [0.5, 0.6) is 0 Å². The number of halogens is 2. The molecule has 0 radical (unpaired) electrons. The van der Waals surface area contributed by atoms with Crippen molar-refractivity contribution in [1.82, 2.24) is 9.38 Å². The first kappa shape index (κ1) is 13.0. The molecular formula is C14H8Cl2N2O2. The Morgan fingerprint density at radius 3 is 2.70 bits per heavy atom. The van der Waals surface area contributed by atoms with Gasteiger partial charge in [0, 0.05) is 23.0 Å². The average molecular weight is 307 g/mol. The number of imidazole rings is 1. The number of hydrogen-bond donors (Lipinski definition) is 1. The Balaban J connectivity index is 2.17. The lowest BCUT2D eigenvalue weighted by Crippen LogP contribution is -1.97. The summed E-state index contributed by atoms with van der Waals surface area (Å²) < 4.78 is 1.65. The summed E-state index contributed by atoms with van der Waals surface area (Å²) in [5.74, 6) is -0.983. The summed E-state index contributed by atoms with van der Waals surface area (Å²) in [6.45, 7) is 0. The van der Waals surface area contributed by atoms with E-state index in [1.807, 2.05) is 0 Å². The number of rotatable bonds is 2. The van der Waals surface area contributed by atoms with Gasteiger partial charge in [0.1, 0.15) is 5.65 Å². The molecule has 100 valence electrons. The van der Waals surface area contributed by atoms with Gasteiger partial charge in [-0.15, -0.1) is 0 Å². The molecule has 0 bridgehead atoms. The Morgan fingerprint density at radius 1 is 1.15 bits per heavy atom. The lowest BCUT2D eigenvalue weighted by molar-refractivity contribution is 0.0696. The van der Waals surface area contributed by atoms with Gasteiger partial charge in [0.2, 0.25) is 0 Å². The first-order chi connectivity index (χ1) is 9.54. The Labute approximate surface area is 124 Å². The SMILES string of the molecule is O=C(O)c1ccc2nc(-c3cc(Cl)ccc3Cl)cn2c1. The van der Waals surface area contributed by atoms with E-state index in [9.17, 15) is 4.79 Å². The van der Waals surface area contributed by atoms with E-state index in [1.165, 1.54) is 12.3 Å². The predicted molar refractivity (Wildman–Crippen MR) is 77.6 cm³/mol. The van der Waals surface area contributed by atoms with Crippen LogP contribution in [0.2, 0.25) is 10.0 Å². The summed E-state index contributed by atoms with van der Waals surface area (Å²) >= 11 is 12.1. The van der Waals surface area contributed by atoms with Crippen molar-refractivity contribution in [1.29, 1.82) is 0 Å². The van der Waals surface area contributed by atoms with Crippen molar-refractivity contribution in [2.24, 2.45) is 0 Å². The number of carboxylic acid groups (broad SMARTS) is 1. The molecule has 0 saturated heterocycles. The van der Waals surface area contributed by atoms with Crippen LogP contribution in [0.3, 0.4) is 0 Å². The van der Waals surface area contributed by atoms with Crippen LogP contribution < -0.4 is 0 Å². The smallest absolute Gasteiger partial charge is 0.337 e. The van der Waals surface area contributed by atoms with Gasteiger partial charge in [-0.3, -0.25) is 0 Å². The topological polar surface area (TPSA) is 54.6 Å². The molecule has 0 aliphatic rings. The molecule has 6 heteroatoms. The summed E-state index contributed by atoms with van der Waals surface area (Å²) in [7, 11) is 0. The molecule has 0 atom stereocenters. The zero-order valence-corrected chi connectivity index (χ0v) is 11.6. The van der Waals surface area contributed by atoms with E-state index in [2.05, 4.69) is 4.98 Å². The summed E-state index contributed by atoms with van der Waals surface area (Å²) in [5, 5.41) is 10.1. The number of carbonyl (C=O) groups is 1. The first-order valence-corrected chi connectivity index (χ1v) is 6.47. The third kappa shape index (κ3) is 2.24. The lowest BCUT2D eigenvalue weighted by atomic mass is 10.2. The Morgan fingerprint density at radius 2 is 1.95 bits per heavy atom. The summed E-state index contributed by atoms with van der Waals surface area (Å²) in [5.41, 5.74) is 2.18. The van der Waals surface area contributed by atoms with Crippen LogP contribution in [0.4, 0.5) is 0 Å². The maximum absolute atomic E-state index is 10.9. The molecule has 3 aromatic rings. The monoisotopic (exact) mass is 306 g/mol. The molecule has 4 nitrogen and oxygen atoms in total. The Kier molecular flexibility index (Phi) is 3.12. The maximum atomic E-state index is 10.9. The van der Waals surface area contributed by atoms with Crippen LogP contribution in [0, 0.1) is 0 Å². The summed E-state index contributed by atoms with van der Waals surface area (Å²) in [6, 6.07) is 8.28. The number of aromatic nitrogens is 2. The molecular weight excluding hydrogens is 299 g/mol. The normalized spacial score (nSPS) is 10.9. The van der Waals surface area contributed by atoms with Gasteiger partial charge >= 0.3 is 5.97 Å². The minimum absolute atomic E-state index is 0.193. The van der Waals surface area contributed by atoms with Crippen molar-refractivity contribution in [3.8, 4) is 11.3 Å². The zero-order chi connectivity index (χ0) is 14.3. The van der Waals surface area contributed by atoms with E-state index in [4.69, 9.17) is 28.3 Å². The van der Waals surface area contributed by atoms with E-state index in [0.717, 1.165) is 0 Å². The van der Waals surface area contributed by atoms with Crippen molar-refractivity contribution in [3.05, 3.63) is 58.3 Å². The average Bonchev–Trinajstić information content (AvgIpc) is 2.83. The largest absolute Gasteiger partial charge is 0.478 e. The van der Waals surface area contributed by atoms with Crippen LogP contribution in [0.25, 0.3) is 16.9 Å². The highest BCUT2D eigenvalue weighted by molar-refractivity contribution is 6.35. The number of pyridine rings is 1. The third-order valence-electron chi connectivity index (χ3n) is 2.90. The van der Waals surface area contributed by atoms with Crippen LogP contribution in [-0.4, -0.2) is 20.5 Å². The highest BCUT2D eigenvalue weighted by Crippen LogP contribution is 2.30. The van der Waals surface area contributed by atoms with Gasteiger partial charge in [0.25, 0.3) is 0 Å². The molecule has 20 heavy (non-hydrogen) atoms. The molecule has 0 unspecified atom stereocenters. The molecule has 2 aromatic heterocycles. The molecule has 1 N–H and O–H groups in total. The third-order valence-corrected chi connectivity index (χ3v) is 3.47. The van der Waals surface area contributed by atoms with Gasteiger partial charge in [0.15, 0.2) is 0 Å². The van der Waals surface area contributed by atoms with Crippen molar-refractivity contribution >= 4 is 34.8 Å². The molecule has 2 heterocycles. The summed E-state index contributed by atoms with van der Waals surface area (Å²) in [6.07, 6.45) is 3.23.